The largest absolute Gasteiger partial charge is 2.00 e. The molecular formula is H4MgNO2+. The summed E-state index contributed by atoms with van der Waals surface area (Å²) in [4.78, 5) is 8.11. The second-order valence-corrected chi connectivity index (χ2v) is 0.0816. The van der Waals surface area contributed by atoms with Gasteiger partial charge in [0.15, 0.2) is 5.34 Å². The molecule has 0 radical (unpaired) electrons. The van der Waals surface area contributed by atoms with Crippen molar-refractivity contribution in [3.05, 3.63) is 4.91 Å². The van der Waals surface area contributed by atoms with E-state index in [-0.39, 0.29) is 27.3 Å². The first-order chi connectivity index (χ1) is 1.41. The van der Waals surface area contributed by atoms with E-state index in [2.05, 4.69) is 0 Å². The molecule has 1 N–H and O–H groups in total. The zero-order valence-electron chi connectivity index (χ0n) is 5.01. The Balaban J connectivity index is -0.00000000333. The Bertz CT molecular complexity index is 20.4. The molecule has 0 heterocycles. The smallest absolute Gasteiger partial charge is 1.00 e. The van der Waals surface area contributed by atoms with E-state index < -0.39 is 0 Å². The number of hydrogen-bond donors (Lipinski definition) is 1. The first kappa shape index (κ1) is 8.90. The average Bonchev–Trinajstić information content (AvgIpc) is 0.918. The van der Waals surface area contributed by atoms with Gasteiger partial charge in [-0.3, -0.25) is 0 Å². The van der Waals surface area contributed by atoms with Crippen molar-refractivity contribution in [2.24, 2.45) is 5.34 Å². The van der Waals surface area contributed by atoms with E-state index in [1.165, 1.54) is 5.34 Å². The van der Waals surface area contributed by atoms with Crippen LogP contribution in [0.2, 0.25) is 0 Å². The van der Waals surface area contributed by atoms with Gasteiger partial charge in [0.1, 0.15) is 0 Å². The van der Waals surface area contributed by atoms with Crippen LogP contribution in [0.4, 0.5) is 0 Å². The van der Waals surface area contributed by atoms with Gasteiger partial charge in [-0.25, -0.2) is 0 Å². The third-order valence-electron chi connectivity index (χ3n) is 0. The van der Waals surface area contributed by atoms with Gasteiger partial charge in [-0.1, -0.05) is 0 Å². The van der Waals surface area contributed by atoms with E-state index in [4.69, 9.17) is 10.1 Å². The molecule has 0 aromatic heterocycles. The maximum absolute atomic E-state index is 8.11. The van der Waals surface area contributed by atoms with Gasteiger partial charge in [-0.05, 0) is 0 Å². The van der Waals surface area contributed by atoms with Crippen LogP contribution in [0.5, 0.6) is 0 Å². The molecule has 0 aromatic carbocycles. The molecule has 0 spiro atoms. The molecule has 22 valence electrons. The second kappa shape index (κ2) is 10.9. The summed E-state index contributed by atoms with van der Waals surface area (Å²) in [6, 6.07) is 0. The standard InChI is InChI=1S/Mg.HNO2.2H/c;2-1-3;;/h;(H,2,3);;/q+2;;2*-1/p+1. The van der Waals surface area contributed by atoms with Crippen LogP contribution in [0.3, 0.4) is 0 Å². The molecule has 0 atom stereocenters. The Morgan fingerprint density at radius 1 is 2.25 bits per heavy atom. The molecule has 0 rings (SSSR count). The van der Waals surface area contributed by atoms with Crippen LogP contribution in [-0.4, -0.2) is 28.3 Å². The summed E-state index contributed by atoms with van der Waals surface area (Å²) in [5.74, 6) is 0. The molecule has 0 saturated carbocycles. The maximum atomic E-state index is 8.11. The van der Waals surface area contributed by atoms with Crippen molar-refractivity contribution < 1.29 is 9.49 Å². The predicted octanol–water partition coefficient (Wildman–Crippen LogP) is 0.0987. The molecule has 4 heavy (non-hydrogen) atoms. The van der Waals surface area contributed by atoms with Gasteiger partial charge in [-0.2, -0.15) is 0 Å². The minimum Gasteiger partial charge on any atom is -1.00 e. The minimum absolute atomic E-state index is 0. The van der Waals surface area contributed by atoms with Crippen molar-refractivity contribution in [1.82, 2.24) is 0 Å². The zero-order valence-corrected chi connectivity index (χ0v) is 3.42. The van der Waals surface area contributed by atoms with Crippen molar-refractivity contribution >= 4 is 23.1 Å². The van der Waals surface area contributed by atoms with Crippen LogP contribution < -0.4 is 0 Å². The van der Waals surface area contributed by atoms with Crippen LogP contribution >= 0.6 is 0 Å². The first-order valence-corrected chi connectivity index (χ1v) is 0.383. The van der Waals surface area contributed by atoms with E-state index in [0.717, 1.165) is 0 Å². The van der Waals surface area contributed by atoms with Crippen LogP contribution in [0.1, 0.15) is 4.28 Å². The third kappa shape index (κ3) is 107. The fourth-order valence-corrected chi connectivity index (χ4v) is 0. The fourth-order valence-electron chi connectivity index (χ4n) is 0. The number of hydrogen-bond acceptors (Lipinski definition) is 2. The molecule has 0 aliphatic carbocycles. The molecule has 0 aliphatic rings. The SMILES string of the molecule is O=NO.[H+].[H-].[H-].[Mg+2]. The quantitative estimate of drug-likeness (QED) is 0.252. The second-order valence-electron chi connectivity index (χ2n) is 0.0816. The van der Waals surface area contributed by atoms with E-state index >= 15 is 0 Å². The van der Waals surface area contributed by atoms with E-state index in [0.29, 0.717) is 0 Å². The van der Waals surface area contributed by atoms with Gasteiger partial charge >= 0.3 is 24.5 Å². The Morgan fingerprint density at radius 3 is 2.25 bits per heavy atom. The summed E-state index contributed by atoms with van der Waals surface area (Å²) in [6.45, 7) is 0. The normalized spacial score (nSPS) is 3.00. The van der Waals surface area contributed by atoms with Crippen molar-refractivity contribution in [2.45, 2.75) is 0 Å². The van der Waals surface area contributed by atoms with Crippen LogP contribution in [0.15, 0.2) is 5.34 Å². The summed E-state index contributed by atoms with van der Waals surface area (Å²) in [7, 11) is 0. The molecule has 0 aromatic rings. The maximum Gasteiger partial charge on any atom is 2.00 e. The van der Waals surface area contributed by atoms with Crippen LogP contribution in [0, 0.1) is 4.91 Å². The van der Waals surface area contributed by atoms with Crippen molar-refractivity contribution in [3.63, 3.8) is 0 Å². The van der Waals surface area contributed by atoms with E-state index in [9.17, 15) is 0 Å². The van der Waals surface area contributed by atoms with Gasteiger partial charge in [0.25, 0.3) is 0 Å². The molecule has 0 unspecified atom stereocenters. The summed E-state index contributed by atoms with van der Waals surface area (Å²) in [6.07, 6.45) is 0. The number of rotatable bonds is 0. The van der Waals surface area contributed by atoms with Crippen molar-refractivity contribution in [1.29, 1.82) is 0 Å². The van der Waals surface area contributed by atoms with Crippen LogP contribution in [0.25, 0.3) is 0 Å². The Kier molecular flexibility index (Phi) is 24.3. The van der Waals surface area contributed by atoms with Gasteiger partial charge in [0.05, 0.1) is 0 Å². The minimum atomic E-state index is 0. The Labute approximate surface area is 43.5 Å². The van der Waals surface area contributed by atoms with Gasteiger partial charge < -0.3 is 8.06 Å². The van der Waals surface area contributed by atoms with Crippen molar-refractivity contribution in [3.8, 4) is 0 Å². The molecule has 0 saturated heterocycles. The molecule has 0 amide bonds. The van der Waals surface area contributed by atoms with Gasteiger partial charge in [-0.15, -0.1) is 4.91 Å². The van der Waals surface area contributed by atoms with Gasteiger partial charge in [0.2, 0.25) is 0 Å². The molecule has 0 aliphatic heterocycles. The zero-order chi connectivity index (χ0) is 2.71. The molecule has 0 fully saturated rings. The van der Waals surface area contributed by atoms with Gasteiger partial charge in [0, 0.05) is 0 Å². The summed E-state index contributed by atoms with van der Waals surface area (Å²) in [5.41, 5.74) is 0. The number of nitrogens with zero attached hydrogens (tertiary/aromatic N) is 1. The molecule has 3 nitrogen and oxygen atoms in total. The average molecular weight is 74.3 g/mol. The summed E-state index contributed by atoms with van der Waals surface area (Å²) >= 11 is 0. The summed E-state index contributed by atoms with van der Waals surface area (Å²) in [5, 5.41) is 7.89. The summed E-state index contributed by atoms with van der Waals surface area (Å²) < 4.78 is 0. The van der Waals surface area contributed by atoms with Crippen LogP contribution in [-0.2, 0) is 0 Å². The molecule has 0 bridgehead atoms. The fraction of sp³-hybridized carbons (Fsp3) is 0. The van der Waals surface area contributed by atoms with E-state index in [1.54, 1.807) is 0 Å². The van der Waals surface area contributed by atoms with E-state index in [1.807, 2.05) is 0 Å². The third-order valence-corrected chi connectivity index (χ3v) is 0. The molecule has 4 heteroatoms. The Morgan fingerprint density at radius 2 is 2.25 bits per heavy atom. The van der Waals surface area contributed by atoms with Crippen molar-refractivity contribution in [2.75, 3.05) is 0 Å². The topological polar surface area (TPSA) is 49.7 Å². The first-order valence-electron chi connectivity index (χ1n) is 0.383. The predicted molar refractivity (Wildman–Crippen MR) is 16.7 cm³/mol. The molecular weight excluding hydrogens is 70.3 g/mol. The monoisotopic (exact) mass is 74.0 g/mol. The Hall–Kier alpha value is 0.166.